The predicted molar refractivity (Wildman–Crippen MR) is 118 cm³/mol. The number of nitrogens with zero attached hydrogens (tertiary/aromatic N) is 2. The Kier molecular flexibility index (Phi) is 5.48. The lowest BCUT2D eigenvalue weighted by molar-refractivity contribution is -0.113. The van der Waals surface area contributed by atoms with Crippen LogP contribution in [0.5, 0.6) is 0 Å². The van der Waals surface area contributed by atoms with Gasteiger partial charge in [-0.05, 0) is 36.4 Å². The number of carbonyl (C=O) groups is 1. The second kappa shape index (κ2) is 7.88. The van der Waals surface area contributed by atoms with E-state index in [1.807, 2.05) is 59.5 Å². The summed E-state index contributed by atoms with van der Waals surface area (Å²) in [5.41, 5.74) is 1.62. The van der Waals surface area contributed by atoms with Gasteiger partial charge in [-0.1, -0.05) is 45.9 Å². The summed E-state index contributed by atoms with van der Waals surface area (Å²) in [7, 11) is -3.09. The number of halogens is 1. The van der Waals surface area contributed by atoms with Gasteiger partial charge in [0.25, 0.3) is 0 Å². The topological polar surface area (TPSA) is 78.8 Å². The molecule has 2 heterocycles. The third-order valence-corrected chi connectivity index (χ3v) is 7.80. The Balaban J connectivity index is 1.47. The summed E-state index contributed by atoms with van der Waals surface area (Å²) in [6, 6.07) is 16.5. The van der Waals surface area contributed by atoms with Crippen LogP contribution in [0.2, 0.25) is 0 Å². The Labute approximate surface area is 176 Å². The molecule has 4 rings (SSSR count). The number of benzene rings is 2. The largest absolute Gasteiger partial charge is 0.325 e. The molecule has 0 radical (unpaired) electrons. The first-order valence-electron chi connectivity index (χ1n) is 8.72. The molecule has 0 aliphatic carbocycles. The lowest BCUT2D eigenvalue weighted by Crippen LogP contribution is -2.39. The van der Waals surface area contributed by atoms with Crippen LogP contribution in [0, 0.1) is 0 Å². The van der Waals surface area contributed by atoms with Gasteiger partial charge in [0, 0.05) is 15.8 Å². The lowest BCUT2D eigenvalue weighted by atomic mass is 10.1. The van der Waals surface area contributed by atoms with Gasteiger partial charge in [0.05, 0.1) is 29.3 Å². The minimum Gasteiger partial charge on any atom is -0.325 e. The minimum absolute atomic E-state index is 0.0656. The van der Waals surface area contributed by atoms with Crippen LogP contribution in [0.1, 0.15) is 0 Å². The quantitative estimate of drug-likeness (QED) is 0.728. The van der Waals surface area contributed by atoms with Gasteiger partial charge in [-0.25, -0.2) is 8.42 Å². The molecule has 2 aromatic rings. The maximum absolute atomic E-state index is 12.3. The van der Waals surface area contributed by atoms with E-state index >= 15 is 0 Å². The summed E-state index contributed by atoms with van der Waals surface area (Å²) in [5.74, 6) is 0.221. The summed E-state index contributed by atoms with van der Waals surface area (Å²) in [5, 5.41) is 3.56. The Hall–Kier alpha value is -1.84. The Morgan fingerprint density at radius 3 is 2.57 bits per heavy atom. The number of rotatable bonds is 4. The number of hydrogen-bond acceptors (Lipinski definition) is 6. The number of sulfone groups is 1. The highest BCUT2D eigenvalue weighted by atomic mass is 79.9. The fraction of sp³-hybridized carbons (Fsp3) is 0.263. The number of nitrogens with one attached hydrogen (secondary N) is 1. The third-order valence-electron chi connectivity index (χ3n) is 4.60. The summed E-state index contributed by atoms with van der Waals surface area (Å²) in [4.78, 5) is 18.9. The first-order chi connectivity index (χ1) is 13.4. The Morgan fingerprint density at radius 2 is 1.86 bits per heavy atom. The highest BCUT2D eigenvalue weighted by Gasteiger charge is 2.47. The van der Waals surface area contributed by atoms with Crippen molar-refractivity contribution < 1.29 is 13.2 Å². The molecule has 1 amide bonds. The zero-order valence-electron chi connectivity index (χ0n) is 14.8. The van der Waals surface area contributed by atoms with Crippen molar-refractivity contribution in [3.63, 3.8) is 0 Å². The number of para-hydroxylation sites is 1. The molecule has 0 aromatic heterocycles. The molecule has 1 N–H and O–H groups in total. The van der Waals surface area contributed by atoms with Crippen molar-refractivity contribution in [1.29, 1.82) is 0 Å². The number of amidine groups is 1. The van der Waals surface area contributed by atoms with Crippen LogP contribution in [-0.4, -0.2) is 48.8 Å². The Morgan fingerprint density at radius 1 is 1.14 bits per heavy atom. The highest BCUT2D eigenvalue weighted by Crippen LogP contribution is 2.35. The average Bonchev–Trinajstić information content (AvgIpc) is 3.13. The van der Waals surface area contributed by atoms with E-state index in [9.17, 15) is 13.2 Å². The van der Waals surface area contributed by atoms with E-state index in [1.54, 1.807) is 0 Å². The molecular formula is C19H18BrN3O3S2. The Bertz CT molecular complexity index is 1010. The number of thioether (sulfide) groups is 1. The van der Waals surface area contributed by atoms with E-state index in [4.69, 9.17) is 0 Å². The van der Waals surface area contributed by atoms with Crippen molar-refractivity contribution in [2.75, 3.05) is 27.5 Å². The van der Waals surface area contributed by atoms with Crippen LogP contribution < -0.4 is 10.2 Å². The number of carbonyl (C=O) groups excluding carboxylic acids is 1. The van der Waals surface area contributed by atoms with E-state index in [-0.39, 0.29) is 35.2 Å². The van der Waals surface area contributed by atoms with Crippen LogP contribution in [0.4, 0.5) is 11.4 Å². The van der Waals surface area contributed by atoms with Crippen molar-refractivity contribution in [2.24, 2.45) is 4.99 Å². The van der Waals surface area contributed by atoms with E-state index < -0.39 is 9.84 Å². The summed E-state index contributed by atoms with van der Waals surface area (Å²) >= 11 is 4.70. The van der Waals surface area contributed by atoms with Crippen molar-refractivity contribution in [2.45, 2.75) is 12.1 Å². The molecule has 0 spiro atoms. The first-order valence-corrected chi connectivity index (χ1v) is 12.3. The van der Waals surface area contributed by atoms with E-state index in [0.717, 1.165) is 15.8 Å². The average molecular weight is 480 g/mol. The van der Waals surface area contributed by atoms with Crippen LogP contribution in [-0.2, 0) is 14.6 Å². The number of anilines is 2. The molecule has 2 aliphatic heterocycles. The number of amides is 1. The highest BCUT2D eigenvalue weighted by molar-refractivity contribution is 9.10. The van der Waals surface area contributed by atoms with Gasteiger partial charge in [-0.3, -0.25) is 9.79 Å². The van der Waals surface area contributed by atoms with Gasteiger partial charge in [0.1, 0.15) is 0 Å². The second-order valence-corrected chi connectivity index (χ2v) is 10.7. The van der Waals surface area contributed by atoms with Crippen LogP contribution in [0.3, 0.4) is 0 Å². The molecular weight excluding hydrogens is 462 g/mol. The molecule has 1 saturated heterocycles. The third kappa shape index (κ3) is 4.26. The van der Waals surface area contributed by atoms with Crippen LogP contribution in [0.25, 0.3) is 0 Å². The molecule has 6 nitrogen and oxygen atoms in total. The molecule has 28 heavy (non-hydrogen) atoms. The number of aliphatic imine (C=N–C) groups is 1. The van der Waals surface area contributed by atoms with Gasteiger partial charge in [0.2, 0.25) is 5.91 Å². The zero-order valence-corrected chi connectivity index (χ0v) is 18.0. The number of fused-ring (bicyclic) bond motifs is 1. The monoisotopic (exact) mass is 479 g/mol. The van der Waals surface area contributed by atoms with Gasteiger partial charge in [-0.15, -0.1) is 0 Å². The lowest BCUT2D eigenvalue weighted by Gasteiger charge is -2.26. The number of hydrogen-bond donors (Lipinski definition) is 1. The molecule has 2 atom stereocenters. The molecule has 0 unspecified atom stereocenters. The maximum atomic E-state index is 12.3. The minimum atomic E-state index is -3.09. The normalized spacial score (nSPS) is 22.6. The molecule has 9 heteroatoms. The van der Waals surface area contributed by atoms with Crippen molar-refractivity contribution in [3.8, 4) is 0 Å². The predicted octanol–water partition coefficient (Wildman–Crippen LogP) is 3.16. The molecule has 2 aliphatic rings. The molecule has 0 bridgehead atoms. The molecule has 2 aromatic carbocycles. The standard InChI is InChI=1S/C19H18BrN3O3S2/c20-13-6-8-14(9-7-13)21-18(24)10-27-19-22-16-11-28(25,26)12-17(16)23(19)15-4-2-1-3-5-15/h1-9,16-17H,10-12H2,(H,21,24)/t16-,17+/m0/s1. The van der Waals surface area contributed by atoms with Gasteiger partial charge in [0.15, 0.2) is 15.0 Å². The van der Waals surface area contributed by atoms with Crippen molar-refractivity contribution >= 4 is 60.0 Å². The van der Waals surface area contributed by atoms with Gasteiger partial charge in [-0.2, -0.15) is 0 Å². The van der Waals surface area contributed by atoms with Gasteiger partial charge < -0.3 is 10.2 Å². The summed E-state index contributed by atoms with van der Waals surface area (Å²) < 4.78 is 25.0. The smallest absolute Gasteiger partial charge is 0.234 e. The first kappa shape index (κ1) is 19.5. The zero-order chi connectivity index (χ0) is 19.7. The van der Waals surface area contributed by atoms with E-state index in [0.29, 0.717) is 5.17 Å². The molecule has 0 saturated carbocycles. The van der Waals surface area contributed by atoms with Crippen molar-refractivity contribution in [1.82, 2.24) is 0 Å². The molecule has 1 fully saturated rings. The fourth-order valence-corrected chi connectivity index (χ4v) is 6.42. The van der Waals surface area contributed by atoms with E-state index in [1.165, 1.54) is 11.8 Å². The van der Waals surface area contributed by atoms with E-state index in [2.05, 4.69) is 26.2 Å². The fourth-order valence-electron chi connectivity index (χ4n) is 3.38. The van der Waals surface area contributed by atoms with Crippen molar-refractivity contribution in [3.05, 3.63) is 59.1 Å². The van der Waals surface area contributed by atoms with Crippen LogP contribution >= 0.6 is 27.7 Å². The maximum Gasteiger partial charge on any atom is 0.234 e. The summed E-state index contributed by atoms with van der Waals surface area (Å²) in [6.45, 7) is 0. The summed E-state index contributed by atoms with van der Waals surface area (Å²) in [6.07, 6.45) is 0. The SMILES string of the molecule is O=C(CSC1=N[C@H]2CS(=O)(=O)C[C@H]2N1c1ccccc1)Nc1ccc(Br)cc1. The molecule has 146 valence electrons. The van der Waals surface area contributed by atoms with Gasteiger partial charge >= 0.3 is 0 Å². The van der Waals surface area contributed by atoms with Crippen LogP contribution in [0.15, 0.2) is 64.1 Å². The second-order valence-electron chi connectivity index (χ2n) is 6.67.